The summed E-state index contributed by atoms with van der Waals surface area (Å²) >= 11 is 6.36. The minimum atomic E-state index is -0.262. The van der Waals surface area contributed by atoms with Crippen LogP contribution >= 0.6 is 11.6 Å². The van der Waals surface area contributed by atoms with Gasteiger partial charge in [-0.05, 0) is 54.5 Å². The molecule has 0 aliphatic heterocycles. The van der Waals surface area contributed by atoms with Crippen LogP contribution in [0.25, 0.3) is 5.65 Å². The highest BCUT2D eigenvalue weighted by atomic mass is 35.5. The van der Waals surface area contributed by atoms with Crippen LogP contribution < -0.4 is 10.6 Å². The van der Waals surface area contributed by atoms with Crippen molar-refractivity contribution in [3.63, 3.8) is 0 Å². The van der Waals surface area contributed by atoms with Crippen LogP contribution in [0.4, 0.5) is 5.69 Å². The minimum Gasteiger partial charge on any atom is -0.320 e. The van der Waals surface area contributed by atoms with Gasteiger partial charge in [0.25, 0.3) is 5.91 Å². The van der Waals surface area contributed by atoms with Crippen LogP contribution in [0, 0.1) is 11.8 Å². The second kappa shape index (κ2) is 9.63. The molecule has 188 valence electrons. The number of aromatic nitrogens is 6. The normalized spacial score (nSPS) is 19.6. The predicted octanol–water partition coefficient (Wildman–Crippen LogP) is 4.23. The van der Waals surface area contributed by atoms with Gasteiger partial charge < -0.3 is 15.2 Å². The summed E-state index contributed by atoms with van der Waals surface area (Å²) < 4.78 is 3.71. The van der Waals surface area contributed by atoms with Gasteiger partial charge in [0.15, 0.2) is 5.65 Å². The van der Waals surface area contributed by atoms with E-state index in [1.807, 2.05) is 36.1 Å². The first kappa shape index (κ1) is 24.4. The number of pyridine rings is 2. The van der Waals surface area contributed by atoms with Crippen molar-refractivity contribution >= 4 is 28.8 Å². The monoisotopic (exact) mass is 506 g/mol. The first-order valence-corrected chi connectivity index (χ1v) is 12.6. The molecule has 0 saturated heterocycles. The molecule has 1 amide bonds. The molecule has 0 unspecified atom stereocenters. The van der Waals surface area contributed by atoms with Gasteiger partial charge in [-0.25, -0.2) is 4.98 Å². The zero-order valence-electron chi connectivity index (χ0n) is 21.0. The number of halogens is 1. The second-order valence-electron chi connectivity index (χ2n) is 10.3. The van der Waals surface area contributed by atoms with Crippen molar-refractivity contribution in [3.8, 4) is 0 Å². The quantitative estimate of drug-likeness (QED) is 0.371. The highest BCUT2D eigenvalue weighted by molar-refractivity contribution is 6.30. The summed E-state index contributed by atoms with van der Waals surface area (Å²) in [5, 5.41) is 15.4. The third kappa shape index (κ3) is 4.49. The van der Waals surface area contributed by atoms with Crippen LogP contribution in [0.1, 0.15) is 60.9 Å². The van der Waals surface area contributed by atoms with Crippen molar-refractivity contribution in [1.82, 2.24) is 34.4 Å². The SMILES string of the molecule is CC(C)CNCc1cc(C(=O)Nc2cncc(C3(c4nncn4C)CC(C)C3)c2)c2ncc(Cl)n2c1. The molecule has 4 aromatic rings. The maximum atomic E-state index is 13.5. The lowest BCUT2D eigenvalue weighted by atomic mass is 9.59. The summed E-state index contributed by atoms with van der Waals surface area (Å²) in [5.41, 5.74) is 3.30. The smallest absolute Gasteiger partial charge is 0.259 e. The van der Waals surface area contributed by atoms with Gasteiger partial charge in [-0.2, -0.15) is 0 Å². The maximum Gasteiger partial charge on any atom is 0.259 e. The number of anilines is 1. The number of carbonyl (C=O) groups is 1. The summed E-state index contributed by atoms with van der Waals surface area (Å²) in [6, 6.07) is 3.86. The number of nitrogens with zero attached hydrogens (tertiary/aromatic N) is 6. The molecule has 0 atom stereocenters. The first-order valence-electron chi connectivity index (χ1n) is 12.2. The number of hydrogen-bond acceptors (Lipinski definition) is 6. The van der Waals surface area contributed by atoms with Crippen molar-refractivity contribution in [1.29, 1.82) is 0 Å². The van der Waals surface area contributed by atoms with Crippen molar-refractivity contribution in [3.05, 3.63) is 70.9 Å². The third-order valence-electron chi connectivity index (χ3n) is 6.83. The van der Waals surface area contributed by atoms with Crippen molar-refractivity contribution in [2.75, 3.05) is 11.9 Å². The zero-order valence-corrected chi connectivity index (χ0v) is 21.8. The average Bonchev–Trinajstić information content (AvgIpc) is 3.42. The number of carbonyl (C=O) groups excluding carboxylic acids is 1. The van der Waals surface area contributed by atoms with Crippen LogP contribution in [-0.2, 0) is 19.0 Å². The molecule has 1 aliphatic rings. The molecule has 5 rings (SSSR count). The maximum absolute atomic E-state index is 13.5. The zero-order chi connectivity index (χ0) is 25.4. The highest BCUT2D eigenvalue weighted by Crippen LogP contribution is 2.51. The number of imidazole rings is 1. The van der Waals surface area contributed by atoms with Gasteiger partial charge in [-0.15, -0.1) is 10.2 Å². The molecular weight excluding hydrogens is 476 g/mol. The summed E-state index contributed by atoms with van der Waals surface area (Å²) in [5.74, 6) is 1.75. The van der Waals surface area contributed by atoms with Gasteiger partial charge in [-0.3, -0.25) is 14.2 Å². The number of fused-ring (bicyclic) bond motifs is 1. The summed E-state index contributed by atoms with van der Waals surface area (Å²) in [6.07, 6.45) is 10.6. The fourth-order valence-corrected chi connectivity index (χ4v) is 5.42. The van der Waals surface area contributed by atoms with E-state index in [-0.39, 0.29) is 11.3 Å². The van der Waals surface area contributed by atoms with E-state index < -0.39 is 0 Å². The average molecular weight is 507 g/mol. The molecule has 4 heterocycles. The van der Waals surface area contributed by atoms with Crippen LogP contribution in [0.2, 0.25) is 5.15 Å². The Labute approximate surface area is 215 Å². The third-order valence-corrected chi connectivity index (χ3v) is 7.11. The predicted molar refractivity (Wildman–Crippen MR) is 139 cm³/mol. The van der Waals surface area contributed by atoms with Gasteiger partial charge >= 0.3 is 0 Å². The van der Waals surface area contributed by atoms with Crippen LogP contribution in [-0.4, -0.2) is 41.6 Å². The second-order valence-corrected chi connectivity index (χ2v) is 10.7. The molecule has 9 nitrogen and oxygen atoms in total. The molecule has 0 radical (unpaired) electrons. The Morgan fingerprint density at radius 3 is 2.75 bits per heavy atom. The van der Waals surface area contributed by atoms with Gasteiger partial charge in [0.1, 0.15) is 17.3 Å². The lowest BCUT2D eigenvalue weighted by Crippen LogP contribution is -2.43. The van der Waals surface area contributed by atoms with E-state index in [0.29, 0.717) is 40.4 Å². The number of rotatable bonds is 8. The Bertz CT molecular complexity index is 1400. The van der Waals surface area contributed by atoms with E-state index in [1.54, 1.807) is 23.1 Å². The molecule has 1 aliphatic carbocycles. The molecule has 4 aromatic heterocycles. The molecule has 0 bridgehead atoms. The Balaban J connectivity index is 1.44. The van der Waals surface area contributed by atoms with E-state index in [1.165, 1.54) is 0 Å². The number of amides is 1. The summed E-state index contributed by atoms with van der Waals surface area (Å²) in [4.78, 5) is 22.3. The van der Waals surface area contributed by atoms with E-state index in [0.717, 1.165) is 36.3 Å². The molecule has 0 spiro atoms. The fourth-order valence-electron chi connectivity index (χ4n) is 5.25. The van der Waals surface area contributed by atoms with E-state index >= 15 is 0 Å². The van der Waals surface area contributed by atoms with Gasteiger partial charge in [0.2, 0.25) is 0 Å². The minimum absolute atomic E-state index is 0.260. The highest BCUT2D eigenvalue weighted by Gasteiger charge is 2.48. The standard InChI is InChI=1S/C26H31ClN8O/c1-16(2)9-28-10-18-5-21(23-30-13-22(27)35(23)14-18)24(36)32-20-6-19(11-29-12-20)26(7-17(3)8-26)25-33-31-15-34(25)4/h5-6,11-17,28H,7-10H2,1-4H3,(H,32,36). The lowest BCUT2D eigenvalue weighted by molar-refractivity contribution is 0.102. The molecular formula is C26H31ClN8O. The lowest BCUT2D eigenvalue weighted by Gasteiger charge is -2.45. The number of aryl methyl sites for hydroxylation is 1. The molecule has 2 N–H and O–H groups in total. The Morgan fingerprint density at radius 2 is 2.06 bits per heavy atom. The van der Waals surface area contributed by atoms with Crippen molar-refractivity contribution in [2.24, 2.45) is 18.9 Å². The van der Waals surface area contributed by atoms with Crippen LogP contribution in [0.3, 0.4) is 0 Å². The largest absolute Gasteiger partial charge is 0.320 e. The Morgan fingerprint density at radius 1 is 1.25 bits per heavy atom. The summed E-state index contributed by atoms with van der Waals surface area (Å²) in [7, 11) is 1.96. The fraction of sp³-hybridized carbons (Fsp3) is 0.423. The molecule has 1 fully saturated rings. The first-order chi connectivity index (χ1) is 17.3. The number of nitrogens with one attached hydrogen (secondary N) is 2. The van der Waals surface area contributed by atoms with E-state index in [9.17, 15) is 4.79 Å². The van der Waals surface area contributed by atoms with Gasteiger partial charge in [0.05, 0.1) is 29.1 Å². The van der Waals surface area contributed by atoms with Gasteiger partial charge in [0, 0.05) is 26.0 Å². The number of hydrogen-bond donors (Lipinski definition) is 2. The van der Waals surface area contributed by atoms with E-state index in [4.69, 9.17) is 11.6 Å². The van der Waals surface area contributed by atoms with Crippen molar-refractivity contribution in [2.45, 2.75) is 45.6 Å². The topological polar surface area (TPSA) is 102 Å². The van der Waals surface area contributed by atoms with Crippen LogP contribution in [0.5, 0.6) is 0 Å². The molecule has 36 heavy (non-hydrogen) atoms. The molecule has 0 aromatic carbocycles. The van der Waals surface area contributed by atoms with E-state index in [2.05, 4.69) is 51.6 Å². The molecule has 1 saturated carbocycles. The Kier molecular flexibility index (Phi) is 6.53. The van der Waals surface area contributed by atoms with Crippen molar-refractivity contribution < 1.29 is 4.79 Å². The van der Waals surface area contributed by atoms with Gasteiger partial charge in [-0.1, -0.05) is 32.4 Å². The van der Waals surface area contributed by atoms with Crippen LogP contribution in [0.15, 0.2) is 43.2 Å². The Hall–Kier alpha value is -3.30. The molecule has 10 heteroatoms. The summed E-state index contributed by atoms with van der Waals surface area (Å²) in [6.45, 7) is 8.04.